The number of hydrogen-bond donors (Lipinski definition) is 1. The van der Waals surface area contributed by atoms with E-state index >= 15 is 0 Å². The molecule has 0 amide bonds. The van der Waals surface area contributed by atoms with Gasteiger partial charge in [0.15, 0.2) is 0 Å². The molecule has 1 unspecified atom stereocenters. The van der Waals surface area contributed by atoms with E-state index in [2.05, 4.69) is 62.4 Å². The van der Waals surface area contributed by atoms with Crippen LogP contribution in [0.2, 0.25) is 0 Å². The highest BCUT2D eigenvalue weighted by molar-refractivity contribution is 5.34. The second-order valence-electron chi connectivity index (χ2n) is 4.99. The predicted octanol–water partition coefficient (Wildman–Crippen LogP) is 3.80. The molecule has 0 aliphatic heterocycles. The van der Waals surface area contributed by atoms with Gasteiger partial charge in [-0.3, -0.25) is 0 Å². The van der Waals surface area contributed by atoms with E-state index in [1.807, 2.05) is 6.07 Å². The summed E-state index contributed by atoms with van der Waals surface area (Å²) in [5.41, 5.74) is 10.2. The topological polar surface area (TPSA) is 26.0 Å². The fourth-order valence-corrected chi connectivity index (χ4v) is 2.50. The molecule has 2 rings (SSSR count). The molecule has 0 saturated carbocycles. The summed E-state index contributed by atoms with van der Waals surface area (Å²) >= 11 is 0. The molecule has 0 heterocycles. The maximum Gasteiger partial charge on any atom is 0.0450 e. The van der Waals surface area contributed by atoms with Gasteiger partial charge in [0.1, 0.15) is 0 Å². The largest absolute Gasteiger partial charge is 0.321 e. The minimum atomic E-state index is -0.271. The van der Waals surface area contributed by atoms with Crippen LogP contribution in [0.25, 0.3) is 0 Å². The van der Waals surface area contributed by atoms with Crippen molar-refractivity contribution in [1.82, 2.24) is 0 Å². The molecule has 0 spiro atoms. The Morgan fingerprint density at radius 1 is 0.944 bits per heavy atom. The molecular formula is C17H21N. The molecule has 0 radical (unpaired) electrons. The van der Waals surface area contributed by atoms with Crippen molar-refractivity contribution in [2.45, 2.75) is 32.2 Å². The van der Waals surface area contributed by atoms with Crippen molar-refractivity contribution in [3.05, 3.63) is 71.3 Å². The molecule has 0 aliphatic rings. The Morgan fingerprint density at radius 3 is 2.17 bits per heavy atom. The van der Waals surface area contributed by atoms with Gasteiger partial charge < -0.3 is 5.73 Å². The molecule has 2 aromatic rings. The van der Waals surface area contributed by atoms with E-state index in [1.54, 1.807) is 0 Å². The molecule has 0 fully saturated rings. The molecule has 1 nitrogen and oxygen atoms in total. The van der Waals surface area contributed by atoms with Gasteiger partial charge in [0.05, 0.1) is 0 Å². The fourth-order valence-electron chi connectivity index (χ4n) is 2.50. The van der Waals surface area contributed by atoms with Gasteiger partial charge in [0, 0.05) is 5.54 Å². The van der Waals surface area contributed by atoms with Gasteiger partial charge in [-0.15, -0.1) is 0 Å². The Hall–Kier alpha value is -1.60. The Bertz CT molecular complexity index is 504. The van der Waals surface area contributed by atoms with Gasteiger partial charge in [-0.05, 0) is 36.5 Å². The van der Waals surface area contributed by atoms with Crippen LogP contribution in [-0.4, -0.2) is 0 Å². The number of benzene rings is 2. The zero-order valence-electron chi connectivity index (χ0n) is 11.2. The molecule has 94 valence electrons. The molecule has 0 aliphatic carbocycles. The second kappa shape index (κ2) is 5.36. The van der Waals surface area contributed by atoms with Crippen LogP contribution in [0.4, 0.5) is 0 Å². The van der Waals surface area contributed by atoms with Gasteiger partial charge in [-0.25, -0.2) is 0 Å². The van der Waals surface area contributed by atoms with E-state index in [1.165, 1.54) is 16.7 Å². The number of aryl methyl sites for hydroxylation is 1. The molecule has 18 heavy (non-hydrogen) atoms. The van der Waals surface area contributed by atoms with E-state index in [9.17, 15) is 0 Å². The zero-order valence-corrected chi connectivity index (χ0v) is 11.2. The Morgan fingerprint density at radius 2 is 1.56 bits per heavy atom. The Labute approximate surface area is 110 Å². The van der Waals surface area contributed by atoms with Gasteiger partial charge in [-0.1, -0.05) is 61.5 Å². The van der Waals surface area contributed by atoms with Crippen molar-refractivity contribution in [3.8, 4) is 0 Å². The lowest BCUT2D eigenvalue weighted by Gasteiger charge is -2.30. The summed E-state index contributed by atoms with van der Waals surface area (Å²) in [5.74, 6) is 0. The molecule has 0 bridgehead atoms. The quantitative estimate of drug-likeness (QED) is 0.862. The lowest BCUT2D eigenvalue weighted by Crippen LogP contribution is -2.39. The first kappa shape index (κ1) is 12.8. The lowest BCUT2D eigenvalue weighted by molar-refractivity contribution is 0.423. The van der Waals surface area contributed by atoms with Crippen molar-refractivity contribution in [2.24, 2.45) is 5.73 Å². The van der Waals surface area contributed by atoms with Crippen LogP contribution in [0.1, 0.15) is 30.0 Å². The van der Waals surface area contributed by atoms with Gasteiger partial charge in [0.2, 0.25) is 0 Å². The summed E-state index contributed by atoms with van der Waals surface area (Å²) in [4.78, 5) is 0. The lowest BCUT2D eigenvalue weighted by atomic mass is 9.80. The average Bonchev–Trinajstić information content (AvgIpc) is 2.40. The van der Waals surface area contributed by atoms with Gasteiger partial charge >= 0.3 is 0 Å². The van der Waals surface area contributed by atoms with E-state index in [4.69, 9.17) is 5.73 Å². The summed E-state index contributed by atoms with van der Waals surface area (Å²) in [5, 5.41) is 0. The van der Waals surface area contributed by atoms with Crippen molar-refractivity contribution in [1.29, 1.82) is 0 Å². The molecule has 2 N–H and O–H groups in total. The van der Waals surface area contributed by atoms with E-state index in [0.717, 1.165) is 12.8 Å². The first-order chi connectivity index (χ1) is 8.65. The van der Waals surface area contributed by atoms with Crippen LogP contribution in [0.5, 0.6) is 0 Å². The minimum absolute atomic E-state index is 0.271. The SMILES string of the molecule is CCC(N)(Cc1ccccc1)c1ccccc1C. The monoisotopic (exact) mass is 239 g/mol. The van der Waals surface area contributed by atoms with E-state index in [0.29, 0.717) is 0 Å². The third-order valence-electron chi connectivity index (χ3n) is 3.67. The highest BCUT2D eigenvalue weighted by Gasteiger charge is 2.26. The summed E-state index contributed by atoms with van der Waals surface area (Å²) < 4.78 is 0. The van der Waals surface area contributed by atoms with Crippen LogP contribution in [0, 0.1) is 6.92 Å². The minimum Gasteiger partial charge on any atom is -0.321 e. The maximum absolute atomic E-state index is 6.65. The Kier molecular flexibility index (Phi) is 3.83. The molecule has 2 aromatic carbocycles. The molecular weight excluding hydrogens is 218 g/mol. The molecule has 1 atom stereocenters. The predicted molar refractivity (Wildman–Crippen MR) is 77.5 cm³/mol. The van der Waals surface area contributed by atoms with Crippen molar-refractivity contribution < 1.29 is 0 Å². The summed E-state index contributed by atoms with van der Waals surface area (Å²) in [6.07, 6.45) is 1.82. The standard InChI is InChI=1S/C17H21N/c1-3-17(18,13-15-10-5-4-6-11-15)16-12-8-7-9-14(16)2/h4-12H,3,13,18H2,1-2H3. The third-order valence-corrected chi connectivity index (χ3v) is 3.67. The maximum atomic E-state index is 6.65. The second-order valence-corrected chi connectivity index (χ2v) is 4.99. The van der Waals surface area contributed by atoms with Crippen molar-refractivity contribution in [3.63, 3.8) is 0 Å². The third kappa shape index (κ3) is 2.62. The van der Waals surface area contributed by atoms with E-state index in [-0.39, 0.29) is 5.54 Å². The summed E-state index contributed by atoms with van der Waals surface area (Å²) in [7, 11) is 0. The van der Waals surface area contributed by atoms with Crippen molar-refractivity contribution in [2.75, 3.05) is 0 Å². The first-order valence-corrected chi connectivity index (χ1v) is 6.54. The fraction of sp³-hybridized carbons (Fsp3) is 0.294. The number of hydrogen-bond acceptors (Lipinski definition) is 1. The first-order valence-electron chi connectivity index (χ1n) is 6.54. The summed E-state index contributed by atoms with van der Waals surface area (Å²) in [6.45, 7) is 4.30. The zero-order chi connectivity index (χ0) is 13.0. The molecule has 1 heteroatoms. The van der Waals surface area contributed by atoms with Crippen molar-refractivity contribution >= 4 is 0 Å². The summed E-state index contributed by atoms with van der Waals surface area (Å²) in [6, 6.07) is 18.9. The van der Waals surface area contributed by atoms with Crippen LogP contribution < -0.4 is 5.73 Å². The average molecular weight is 239 g/mol. The van der Waals surface area contributed by atoms with Crippen LogP contribution in [-0.2, 0) is 12.0 Å². The van der Waals surface area contributed by atoms with E-state index < -0.39 is 0 Å². The highest BCUT2D eigenvalue weighted by atomic mass is 14.7. The number of nitrogens with two attached hydrogens (primary N) is 1. The van der Waals surface area contributed by atoms with Gasteiger partial charge in [0.25, 0.3) is 0 Å². The normalized spacial score (nSPS) is 14.2. The van der Waals surface area contributed by atoms with Crippen LogP contribution in [0.3, 0.4) is 0 Å². The number of rotatable bonds is 4. The molecule has 0 saturated heterocycles. The smallest absolute Gasteiger partial charge is 0.0450 e. The highest BCUT2D eigenvalue weighted by Crippen LogP contribution is 2.28. The van der Waals surface area contributed by atoms with Gasteiger partial charge in [-0.2, -0.15) is 0 Å². The van der Waals surface area contributed by atoms with Crippen LogP contribution >= 0.6 is 0 Å². The van der Waals surface area contributed by atoms with Crippen LogP contribution in [0.15, 0.2) is 54.6 Å². The Balaban J connectivity index is 2.34. The molecule has 0 aromatic heterocycles.